The van der Waals surface area contributed by atoms with Crippen molar-refractivity contribution in [3.05, 3.63) is 42.5 Å². The van der Waals surface area contributed by atoms with Gasteiger partial charge in [0.15, 0.2) is 0 Å². The minimum absolute atomic E-state index is 0.0257. The minimum atomic E-state index is -3.11. The van der Waals surface area contributed by atoms with Crippen molar-refractivity contribution in [2.45, 2.75) is 6.42 Å². The van der Waals surface area contributed by atoms with Gasteiger partial charge in [0.2, 0.25) is 5.91 Å². The summed E-state index contributed by atoms with van der Waals surface area (Å²) in [6.45, 7) is 0. The van der Waals surface area contributed by atoms with Gasteiger partial charge in [-0.15, -0.1) is 0 Å². The number of sulfone groups is 1. The molecule has 0 fully saturated rings. The number of rotatable bonds is 4. The number of nitrogens with one attached hydrogen (secondary N) is 1. The fraction of sp³-hybridized carbons (Fsp3) is 0.214. The maximum atomic E-state index is 11.7. The van der Waals surface area contributed by atoms with Crippen molar-refractivity contribution in [2.75, 3.05) is 17.3 Å². The molecule has 5 heteroatoms. The van der Waals surface area contributed by atoms with Crippen LogP contribution in [-0.2, 0) is 14.6 Å². The molecule has 0 aliphatic heterocycles. The molecule has 0 aliphatic rings. The van der Waals surface area contributed by atoms with Gasteiger partial charge in [0.05, 0.1) is 5.75 Å². The van der Waals surface area contributed by atoms with E-state index in [1.165, 1.54) is 0 Å². The van der Waals surface area contributed by atoms with Gasteiger partial charge in [-0.25, -0.2) is 8.42 Å². The zero-order valence-electron chi connectivity index (χ0n) is 10.6. The van der Waals surface area contributed by atoms with Gasteiger partial charge in [0, 0.05) is 23.8 Å². The maximum absolute atomic E-state index is 11.7. The van der Waals surface area contributed by atoms with Crippen LogP contribution >= 0.6 is 0 Å². The normalized spacial score (nSPS) is 11.4. The summed E-state index contributed by atoms with van der Waals surface area (Å²) in [5.74, 6) is -0.425. The first-order valence-electron chi connectivity index (χ1n) is 5.91. The van der Waals surface area contributed by atoms with Gasteiger partial charge >= 0.3 is 0 Å². The van der Waals surface area contributed by atoms with Crippen molar-refractivity contribution in [3.63, 3.8) is 0 Å². The highest BCUT2D eigenvalue weighted by molar-refractivity contribution is 7.90. The standard InChI is InChI=1S/C14H15NO3S/c1-19(17,18)10-9-14(16)15-13-8-4-6-11-5-2-3-7-12(11)13/h2-8H,9-10H2,1H3,(H,15,16). The Balaban J connectivity index is 2.15. The Hall–Kier alpha value is -1.88. The predicted molar refractivity (Wildman–Crippen MR) is 76.9 cm³/mol. The molecule has 2 aromatic rings. The number of benzene rings is 2. The van der Waals surface area contributed by atoms with Crippen molar-refractivity contribution in [3.8, 4) is 0 Å². The Bertz CT molecular complexity index is 702. The molecule has 2 rings (SSSR count). The largest absolute Gasteiger partial charge is 0.325 e. The molecule has 0 bridgehead atoms. The maximum Gasteiger partial charge on any atom is 0.225 e. The van der Waals surface area contributed by atoms with E-state index in [9.17, 15) is 13.2 Å². The van der Waals surface area contributed by atoms with Crippen LogP contribution in [0.4, 0.5) is 5.69 Å². The van der Waals surface area contributed by atoms with Crippen LogP contribution in [0.1, 0.15) is 6.42 Å². The molecule has 4 nitrogen and oxygen atoms in total. The number of carbonyl (C=O) groups is 1. The van der Waals surface area contributed by atoms with Crippen molar-refractivity contribution in [1.82, 2.24) is 0 Å². The van der Waals surface area contributed by atoms with Crippen LogP contribution in [0.25, 0.3) is 10.8 Å². The molecular weight excluding hydrogens is 262 g/mol. The van der Waals surface area contributed by atoms with Crippen LogP contribution < -0.4 is 5.32 Å². The fourth-order valence-electron chi connectivity index (χ4n) is 1.83. The van der Waals surface area contributed by atoms with E-state index in [1.807, 2.05) is 36.4 Å². The van der Waals surface area contributed by atoms with Gasteiger partial charge in [0.25, 0.3) is 0 Å². The summed E-state index contributed by atoms with van der Waals surface area (Å²) in [6.07, 6.45) is 1.10. The van der Waals surface area contributed by atoms with E-state index in [0.29, 0.717) is 5.69 Å². The van der Waals surface area contributed by atoms with E-state index < -0.39 is 9.84 Å². The molecule has 2 aromatic carbocycles. The SMILES string of the molecule is CS(=O)(=O)CCC(=O)Nc1cccc2ccccc12. The van der Waals surface area contributed by atoms with Gasteiger partial charge < -0.3 is 5.32 Å². The molecule has 0 aromatic heterocycles. The molecule has 0 spiro atoms. The lowest BCUT2D eigenvalue weighted by atomic mass is 10.1. The molecule has 0 aliphatic carbocycles. The highest BCUT2D eigenvalue weighted by atomic mass is 32.2. The second kappa shape index (κ2) is 5.40. The Kier molecular flexibility index (Phi) is 3.85. The quantitative estimate of drug-likeness (QED) is 0.932. The Morgan fingerprint density at radius 2 is 1.79 bits per heavy atom. The lowest BCUT2D eigenvalue weighted by Crippen LogP contribution is -2.16. The zero-order chi connectivity index (χ0) is 13.9. The molecule has 0 saturated heterocycles. The molecule has 0 unspecified atom stereocenters. The van der Waals surface area contributed by atoms with Crippen LogP contribution in [0.2, 0.25) is 0 Å². The van der Waals surface area contributed by atoms with Crippen LogP contribution in [-0.4, -0.2) is 26.3 Å². The summed E-state index contributed by atoms with van der Waals surface area (Å²) in [6, 6.07) is 13.3. The summed E-state index contributed by atoms with van der Waals surface area (Å²) in [5.41, 5.74) is 0.705. The smallest absolute Gasteiger partial charge is 0.225 e. The van der Waals surface area contributed by atoms with E-state index in [1.54, 1.807) is 6.07 Å². The van der Waals surface area contributed by atoms with E-state index in [-0.39, 0.29) is 18.1 Å². The molecule has 0 heterocycles. The van der Waals surface area contributed by atoms with Gasteiger partial charge in [-0.3, -0.25) is 4.79 Å². The number of anilines is 1. The second-order valence-corrected chi connectivity index (χ2v) is 6.71. The Labute approximate surface area is 112 Å². The van der Waals surface area contributed by atoms with Crippen LogP contribution in [0.3, 0.4) is 0 Å². The molecule has 0 saturated carbocycles. The van der Waals surface area contributed by atoms with E-state index in [2.05, 4.69) is 5.32 Å². The van der Waals surface area contributed by atoms with Crippen LogP contribution in [0.5, 0.6) is 0 Å². The van der Waals surface area contributed by atoms with Crippen LogP contribution in [0, 0.1) is 0 Å². The molecule has 19 heavy (non-hydrogen) atoms. The first-order valence-corrected chi connectivity index (χ1v) is 7.97. The number of carbonyl (C=O) groups excluding carboxylic acids is 1. The number of hydrogen-bond acceptors (Lipinski definition) is 3. The molecule has 100 valence electrons. The summed E-state index contributed by atoms with van der Waals surface area (Å²) in [5, 5.41) is 4.73. The molecule has 0 atom stereocenters. The Morgan fingerprint density at radius 3 is 2.53 bits per heavy atom. The highest BCUT2D eigenvalue weighted by Gasteiger charge is 2.09. The summed E-state index contributed by atoms with van der Waals surface area (Å²) < 4.78 is 22.0. The van der Waals surface area contributed by atoms with E-state index in [0.717, 1.165) is 17.0 Å². The first-order chi connectivity index (χ1) is 8.96. The lowest BCUT2D eigenvalue weighted by Gasteiger charge is -2.08. The third-order valence-electron chi connectivity index (χ3n) is 2.76. The topological polar surface area (TPSA) is 63.2 Å². The third-order valence-corrected chi connectivity index (χ3v) is 3.71. The molecular formula is C14H15NO3S. The highest BCUT2D eigenvalue weighted by Crippen LogP contribution is 2.22. The number of hydrogen-bond donors (Lipinski definition) is 1. The summed E-state index contributed by atoms with van der Waals surface area (Å²) in [4.78, 5) is 11.7. The van der Waals surface area contributed by atoms with Gasteiger partial charge in [-0.2, -0.15) is 0 Å². The van der Waals surface area contributed by atoms with Crippen molar-refractivity contribution in [2.24, 2.45) is 0 Å². The van der Waals surface area contributed by atoms with Crippen molar-refractivity contribution >= 4 is 32.2 Å². The van der Waals surface area contributed by atoms with Crippen LogP contribution in [0.15, 0.2) is 42.5 Å². The van der Waals surface area contributed by atoms with Crippen molar-refractivity contribution in [1.29, 1.82) is 0 Å². The zero-order valence-corrected chi connectivity index (χ0v) is 11.4. The fourth-order valence-corrected chi connectivity index (χ4v) is 2.38. The molecule has 1 N–H and O–H groups in total. The molecule has 1 amide bonds. The average molecular weight is 277 g/mol. The lowest BCUT2D eigenvalue weighted by molar-refractivity contribution is -0.115. The van der Waals surface area contributed by atoms with E-state index >= 15 is 0 Å². The van der Waals surface area contributed by atoms with Crippen molar-refractivity contribution < 1.29 is 13.2 Å². The number of fused-ring (bicyclic) bond motifs is 1. The van der Waals surface area contributed by atoms with Gasteiger partial charge in [-0.1, -0.05) is 36.4 Å². The summed E-state index contributed by atoms with van der Waals surface area (Å²) >= 11 is 0. The first kappa shape index (κ1) is 13.5. The third kappa shape index (κ3) is 3.79. The van der Waals surface area contributed by atoms with Gasteiger partial charge in [0.1, 0.15) is 9.84 Å². The van der Waals surface area contributed by atoms with Gasteiger partial charge in [-0.05, 0) is 11.5 Å². The Morgan fingerprint density at radius 1 is 1.11 bits per heavy atom. The average Bonchev–Trinajstić information content (AvgIpc) is 2.36. The minimum Gasteiger partial charge on any atom is -0.325 e. The second-order valence-electron chi connectivity index (χ2n) is 4.45. The number of amides is 1. The monoisotopic (exact) mass is 277 g/mol. The van der Waals surface area contributed by atoms with E-state index in [4.69, 9.17) is 0 Å². The summed E-state index contributed by atoms with van der Waals surface area (Å²) in [7, 11) is -3.11. The predicted octanol–water partition coefficient (Wildman–Crippen LogP) is 2.21. The molecule has 0 radical (unpaired) electrons.